The van der Waals surface area contributed by atoms with Gasteiger partial charge in [0.25, 0.3) is 0 Å². The fourth-order valence-electron chi connectivity index (χ4n) is 4.95. The molecule has 0 radical (unpaired) electrons. The van der Waals surface area contributed by atoms with Gasteiger partial charge >= 0.3 is 0 Å². The van der Waals surface area contributed by atoms with Gasteiger partial charge in [-0.05, 0) is 64.5 Å². The number of hydrogen-bond donors (Lipinski definition) is 1. The van der Waals surface area contributed by atoms with Crippen LogP contribution in [0.4, 0.5) is 0 Å². The number of carbonyl (C=O) groups excluding carboxylic acids is 1. The molecule has 1 amide bonds. The molecule has 25 heavy (non-hydrogen) atoms. The lowest BCUT2D eigenvalue weighted by Gasteiger charge is -2.48. The summed E-state index contributed by atoms with van der Waals surface area (Å²) < 4.78 is 0. The van der Waals surface area contributed by atoms with Crippen LogP contribution in [0.3, 0.4) is 0 Å². The van der Waals surface area contributed by atoms with Crippen molar-refractivity contribution in [2.24, 2.45) is 5.41 Å². The van der Waals surface area contributed by atoms with Gasteiger partial charge in [-0.2, -0.15) is 0 Å². The zero-order chi connectivity index (χ0) is 18.0. The highest BCUT2D eigenvalue weighted by atomic mass is 16.7. The molecule has 0 aliphatic carbocycles. The Morgan fingerprint density at radius 2 is 1.92 bits per heavy atom. The summed E-state index contributed by atoms with van der Waals surface area (Å²) in [6.45, 7) is 13.9. The van der Waals surface area contributed by atoms with Gasteiger partial charge in [0.1, 0.15) is 5.76 Å². The van der Waals surface area contributed by atoms with Gasteiger partial charge in [-0.3, -0.25) is 4.79 Å². The van der Waals surface area contributed by atoms with Crippen LogP contribution < -0.4 is 5.32 Å². The van der Waals surface area contributed by atoms with Gasteiger partial charge in [0.05, 0.1) is 0 Å². The first-order valence-corrected chi connectivity index (χ1v) is 10.1. The lowest BCUT2D eigenvalue weighted by atomic mass is 9.77. The molecule has 3 rings (SSSR count). The second-order valence-corrected chi connectivity index (χ2v) is 8.55. The standard InChI is InChI=1S/C20H35N3O2/c1-5-6-17(4)25-23-15(2)11-18(12-16(23)3)22-9-7-20(8-10-22)13-19(24)21-14-20/h15-16,18H,4-14H2,1-3H3,(H,21,24). The van der Waals surface area contributed by atoms with E-state index in [1.54, 1.807) is 0 Å². The molecule has 0 bridgehead atoms. The summed E-state index contributed by atoms with van der Waals surface area (Å²) in [7, 11) is 0. The van der Waals surface area contributed by atoms with Crippen molar-refractivity contribution in [3.63, 3.8) is 0 Å². The summed E-state index contributed by atoms with van der Waals surface area (Å²) >= 11 is 0. The molecule has 2 atom stereocenters. The van der Waals surface area contributed by atoms with Crippen LogP contribution in [0, 0.1) is 5.41 Å². The normalized spacial score (nSPS) is 33.4. The molecule has 3 saturated heterocycles. The predicted molar refractivity (Wildman–Crippen MR) is 99.8 cm³/mol. The Kier molecular flexibility index (Phi) is 5.74. The predicted octanol–water partition coefficient (Wildman–Crippen LogP) is 3.08. The maximum absolute atomic E-state index is 11.6. The van der Waals surface area contributed by atoms with Crippen molar-refractivity contribution in [1.29, 1.82) is 0 Å². The van der Waals surface area contributed by atoms with Gasteiger partial charge in [-0.25, -0.2) is 0 Å². The molecule has 3 fully saturated rings. The Morgan fingerprint density at radius 1 is 1.28 bits per heavy atom. The van der Waals surface area contributed by atoms with Crippen LogP contribution in [0.5, 0.6) is 0 Å². The van der Waals surface area contributed by atoms with E-state index in [4.69, 9.17) is 4.84 Å². The first-order valence-electron chi connectivity index (χ1n) is 10.1. The number of carbonyl (C=O) groups is 1. The molecule has 0 aromatic carbocycles. The minimum atomic E-state index is 0.243. The average molecular weight is 350 g/mol. The van der Waals surface area contributed by atoms with Crippen LogP contribution >= 0.6 is 0 Å². The number of piperidine rings is 2. The second-order valence-electron chi connectivity index (χ2n) is 8.55. The van der Waals surface area contributed by atoms with Crippen molar-refractivity contribution in [2.75, 3.05) is 19.6 Å². The number of hydrogen-bond acceptors (Lipinski definition) is 4. The Labute approximate surface area is 152 Å². The van der Waals surface area contributed by atoms with Gasteiger partial charge < -0.3 is 15.1 Å². The van der Waals surface area contributed by atoms with E-state index in [9.17, 15) is 4.79 Å². The van der Waals surface area contributed by atoms with E-state index in [0.29, 0.717) is 18.1 Å². The fraction of sp³-hybridized carbons (Fsp3) is 0.850. The van der Waals surface area contributed by atoms with Crippen LogP contribution in [0.15, 0.2) is 12.3 Å². The zero-order valence-electron chi connectivity index (χ0n) is 16.2. The van der Waals surface area contributed by atoms with E-state index in [2.05, 4.69) is 42.6 Å². The molecule has 5 heteroatoms. The summed E-state index contributed by atoms with van der Waals surface area (Å²) in [4.78, 5) is 20.3. The Hall–Kier alpha value is -1.07. The third-order valence-corrected chi connectivity index (χ3v) is 6.43. The number of amides is 1. The monoisotopic (exact) mass is 349 g/mol. The van der Waals surface area contributed by atoms with Gasteiger partial charge in [0.2, 0.25) is 5.91 Å². The third-order valence-electron chi connectivity index (χ3n) is 6.43. The van der Waals surface area contributed by atoms with Gasteiger partial charge in [-0.15, -0.1) is 5.06 Å². The van der Waals surface area contributed by atoms with Crippen molar-refractivity contribution < 1.29 is 9.63 Å². The molecule has 5 nitrogen and oxygen atoms in total. The fourth-order valence-corrected chi connectivity index (χ4v) is 4.95. The molecule has 1 spiro atoms. The Bertz CT molecular complexity index is 487. The molecular formula is C20H35N3O2. The van der Waals surface area contributed by atoms with E-state index in [1.165, 1.54) is 0 Å². The topological polar surface area (TPSA) is 44.8 Å². The number of nitrogens with zero attached hydrogens (tertiary/aromatic N) is 2. The molecule has 142 valence electrons. The minimum Gasteiger partial charge on any atom is -0.411 e. The highest BCUT2D eigenvalue weighted by molar-refractivity contribution is 5.79. The van der Waals surface area contributed by atoms with E-state index < -0.39 is 0 Å². The van der Waals surface area contributed by atoms with E-state index in [-0.39, 0.29) is 11.3 Å². The van der Waals surface area contributed by atoms with Gasteiger partial charge in [0, 0.05) is 37.5 Å². The Morgan fingerprint density at radius 3 is 2.44 bits per heavy atom. The summed E-state index contributed by atoms with van der Waals surface area (Å²) in [5.41, 5.74) is 0.243. The molecule has 0 aromatic heterocycles. The largest absolute Gasteiger partial charge is 0.411 e. The lowest BCUT2D eigenvalue weighted by Crippen LogP contribution is -2.55. The average Bonchev–Trinajstić information content (AvgIpc) is 2.92. The van der Waals surface area contributed by atoms with E-state index in [0.717, 1.165) is 70.3 Å². The lowest BCUT2D eigenvalue weighted by molar-refractivity contribution is -0.200. The number of likely N-dealkylation sites (tertiary alicyclic amines) is 1. The highest BCUT2D eigenvalue weighted by Crippen LogP contribution is 2.39. The molecule has 3 aliphatic heterocycles. The van der Waals surface area contributed by atoms with Gasteiger partial charge in [0.15, 0.2) is 0 Å². The minimum absolute atomic E-state index is 0.243. The smallest absolute Gasteiger partial charge is 0.220 e. The van der Waals surface area contributed by atoms with Crippen LogP contribution in [-0.2, 0) is 9.63 Å². The van der Waals surface area contributed by atoms with Crippen LogP contribution in [0.1, 0.15) is 65.7 Å². The summed E-state index contributed by atoms with van der Waals surface area (Å²) in [5.74, 6) is 1.13. The molecule has 3 heterocycles. The van der Waals surface area contributed by atoms with Crippen LogP contribution in [0.2, 0.25) is 0 Å². The molecule has 0 saturated carbocycles. The second kappa shape index (κ2) is 7.67. The molecule has 3 aliphatic rings. The first kappa shape index (κ1) is 18.7. The van der Waals surface area contributed by atoms with Crippen molar-refractivity contribution in [3.05, 3.63) is 12.3 Å². The molecule has 1 N–H and O–H groups in total. The summed E-state index contributed by atoms with van der Waals surface area (Å²) in [6, 6.07) is 1.45. The maximum Gasteiger partial charge on any atom is 0.220 e. The zero-order valence-corrected chi connectivity index (χ0v) is 16.2. The summed E-state index contributed by atoms with van der Waals surface area (Å²) in [5, 5.41) is 5.20. The number of nitrogens with one attached hydrogen (secondary N) is 1. The van der Waals surface area contributed by atoms with Crippen molar-refractivity contribution in [1.82, 2.24) is 15.3 Å². The van der Waals surface area contributed by atoms with Crippen molar-refractivity contribution in [3.8, 4) is 0 Å². The molecule has 2 unspecified atom stereocenters. The molecular weight excluding hydrogens is 314 g/mol. The first-order chi connectivity index (χ1) is 11.9. The number of hydroxylamine groups is 2. The number of rotatable bonds is 5. The maximum atomic E-state index is 11.6. The van der Waals surface area contributed by atoms with E-state index >= 15 is 0 Å². The quantitative estimate of drug-likeness (QED) is 0.775. The van der Waals surface area contributed by atoms with Crippen LogP contribution in [0.25, 0.3) is 0 Å². The number of allylic oxidation sites excluding steroid dienone is 1. The van der Waals surface area contributed by atoms with Crippen molar-refractivity contribution in [2.45, 2.75) is 83.8 Å². The SMILES string of the molecule is C=C(CCC)ON1C(C)CC(N2CCC3(CC2)CNC(=O)C3)CC1C. The Balaban J connectivity index is 1.52. The van der Waals surface area contributed by atoms with Crippen LogP contribution in [-0.4, -0.2) is 53.6 Å². The molecule has 0 aromatic rings. The van der Waals surface area contributed by atoms with E-state index in [1.807, 2.05) is 0 Å². The van der Waals surface area contributed by atoms with Crippen molar-refractivity contribution >= 4 is 5.91 Å². The van der Waals surface area contributed by atoms with Gasteiger partial charge in [-0.1, -0.05) is 13.5 Å². The highest BCUT2D eigenvalue weighted by Gasteiger charge is 2.43. The summed E-state index contributed by atoms with van der Waals surface area (Å²) in [6.07, 6.45) is 7.34. The third kappa shape index (κ3) is 4.20.